The molecule has 2 N–H and O–H groups in total. The van der Waals surface area contributed by atoms with Crippen molar-refractivity contribution in [2.24, 2.45) is 10.8 Å². The number of nitrogens with zero attached hydrogens (tertiary/aromatic N) is 6. The van der Waals surface area contributed by atoms with Crippen molar-refractivity contribution in [1.82, 2.24) is 30.0 Å². The number of H-pyrrole nitrogens is 1. The summed E-state index contributed by atoms with van der Waals surface area (Å²) in [6.45, 7) is 8.03. The fraction of sp³-hybridized carbons (Fsp3) is 0.632. The monoisotopic (exact) mass is 735 g/mol. The quantitative estimate of drug-likeness (QED) is 0.237. The molecule has 1 spiro atoms. The molecule has 0 unspecified atom stereocenters. The van der Waals surface area contributed by atoms with Crippen molar-refractivity contribution >= 4 is 39.2 Å². The molecule has 0 radical (unpaired) electrons. The lowest BCUT2D eigenvalue weighted by molar-refractivity contribution is -0.0813. The van der Waals surface area contributed by atoms with Crippen LogP contribution >= 0.6 is 11.6 Å². The average molecular weight is 736 g/mol. The van der Waals surface area contributed by atoms with Crippen molar-refractivity contribution in [2.45, 2.75) is 82.9 Å². The Morgan fingerprint density at radius 2 is 1.92 bits per heavy atom. The molecule has 1 aromatic carbocycles. The Morgan fingerprint density at radius 3 is 2.73 bits per heavy atom. The van der Waals surface area contributed by atoms with E-state index in [1.54, 1.807) is 13.1 Å². The number of benzene rings is 1. The summed E-state index contributed by atoms with van der Waals surface area (Å²) in [4.78, 5) is 19.1. The third kappa shape index (κ3) is 5.69. The first kappa shape index (κ1) is 34.4. The number of rotatable bonds is 7. The fourth-order valence-electron chi connectivity index (χ4n) is 10.1. The van der Waals surface area contributed by atoms with Crippen LogP contribution in [0.5, 0.6) is 11.9 Å². The molecule has 6 heterocycles. The second-order valence-corrected chi connectivity index (χ2v) is 16.7. The van der Waals surface area contributed by atoms with Gasteiger partial charge in [0.2, 0.25) is 5.88 Å². The Morgan fingerprint density at radius 1 is 1.10 bits per heavy atom. The Hall–Kier alpha value is -3.36. The number of methoxy groups -OCH3 is 1. The highest BCUT2D eigenvalue weighted by Gasteiger charge is 2.55. The van der Waals surface area contributed by atoms with Gasteiger partial charge in [-0.3, -0.25) is 10.00 Å². The lowest BCUT2D eigenvalue weighted by atomic mass is 9.63. The zero-order chi connectivity index (χ0) is 35.8. The van der Waals surface area contributed by atoms with Gasteiger partial charge in [0.25, 0.3) is 0 Å². The first-order valence-corrected chi connectivity index (χ1v) is 19.1. The molecule has 4 aromatic rings. The van der Waals surface area contributed by atoms with E-state index >= 15 is 4.39 Å². The van der Waals surface area contributed by atoms with E-state index in [0.717, 1.165) is 57.4 Å². The van der Waals surface area contributed by atoms with Crippen molar-refractivity contribution in [3.63, 3.8) is 0 Å². The van der Waals surface area contributed by atoms with E-state index in [-0.39, 0.29) is 47.1 Å². The van der Waals surface area contributed by atoms with Crippen molar-refractivity contribution in [3.8, 4) is 23.1 Å². The zero-order valence-corrected chi connectivity index (χ0v) is 30.9. The van der Waals surface area contributed by atoms with Crippen LogP contribution in [-0.4, -0.2) is 113 Å². The standard InChI is InChI=1S/C38H47ClFN7O5/c1-22-14-25-24(17-41-45-25)27(29(22)39)31-30(40)32-28(34(42-31)49-3)33(46-11-13-51-19-36(2,48)18-46)44-35(43-32)52-21-38-7-4-6-26(38)47(10-5-8-38)23-15-37(16-23)9-12-50-20-37/h14,17,23,26,48H,4-13,15-16,18-21H2,1-3H3,(H,41,45)/t23?,26-,36+,37?,38-/m1/s1. The molecule has 3 atom stereocenters. The summed E-state index contributed by atoms with van der Waals surface area (Å²) in [5, 5.41) is 19.6. The maximum Gasteiger partial charge on any atom is 0.319 e. The lowest BCUT2D eigenvalue weighted by Crippen LogP contribution is -2.60. The van der Waals surface area contributed by atoms with Crippen LogP contribution in [0.4, 0.5) is 10.2 Å². The third-order valence-corrected chi connectivity index (χ3v) is 13.1. The Balaban J connectivity index is 1.12. The van der Waals surface area contributed by atoms with Crippen molar-refractivity contribution in [1.29, 1.82) is 0 Å². The van der Waals surface area contributed by atoms with Gasteiger partial charge in [-0.25, -0.2) is 9.37 Å². The minimum atomic E-state index is -1.18. The minimum absolute atomic E-state index is 0.00478. The van der Waals surface area contributed by atoms with Gasteiger partial charge >= 0.3 is 6.01 Å². The third-order valence-electron chi connectivity index (χ3n) is 12.6. The van der Waals surface area contributed by atoms with Crippen LogP contribution in [-0.2, 0) is 9.47 Å². The highest BCUT2D eigenvalue weighted by atomic mass is 35.5. The summed E-state index contributed by atoms with van der Waals surface area (Å²) < 4.78 is 41.3. The topological polar surface area (TPSA) is 131 Å². The number of β-amino-alcohol motifs (C(OH)–C–C–N with tert-alkyl or cyclic N) is 1. The predicted molar refractivity (Wildman–Crippen MR) is 195 cm³/mol. The number of anilines is 1. The van der Waals surface area contributed by atoms with Gasteiger partial charge < -0.3 is 29.0 Å². The molecule has 3 saturated heterocycles. The molecule has 12 nitrogen and oxygen atoms in total. The summed E-state index contributed by atoms with van der Waals surface area (Å²) in [6.07, 6.45) is 10.8. The fourth-order valence-corrected chi connectivity index (χ4v) is 10.3. The first-order valence-electron chi connectivity index (χ1n) is 18.7. The minimum Gasteiger partial charge on any atom is -0.480 e. The molecular formula is C38H47ClFN7O5. The van der Waals surface area contributed by atoms with Gasteiger partial charge in [-0.05, 0) is 82.4 Å². The number of aromatic nitrogens is 5. The van der Waals surface area contributed by atoms with Gasteiger partial charge in [0.05, 0.1) is 56.8 Å². The van der Waals surface area contributed by atoms with Crippen molar-refractivity contribution in [2.75, 3.05) is 64.7 Å². The van der Waals surface area contributed by atoms with Crippen LogP contribution in [0.1, 0.15) is 63.9 Å². The molecule has 14 heteroatoms. The lowest BCUT2D eigenvalue weighted by Gasteiger charge is -2.56. The predicted octanol–water partition coefficient (Wildman–Crippen LogP) is 5.85. The summed E-state index contributed by atoms with van der Waals surface area (Å²) in [5.74, 6) is -0.170. The summed E-state index contributed by atoms with van der Waals surface area (Å²) in [7, 11) is 1.49. The van der Waals surface area contributed by atoms with E-state index in [9.17, 15) is 5.11 Å². The van der Waals surface area contributed by atoms with Gasteiger partial charge in [0.1, 0.15) is 28.0 Å². The van der Waals surface area contributed by atoms with E-state index in [2.05, 4.69) is 15.1 Å². The summed E-state index contributed by atoms with van der Waals surface area (Å²) in [6, 6.07) is 2.97. The number of aliphatic hydroxyl groups is 1. The Labute approximate surface area is 307 Å². The second kappa shape index (κ2) is 12.9. The number of aryl methyl sites for hydroxylation is 1. The molecule has 5 fully saturated rings. The molecule has 5 aliphatic rings. The summed E-state index contributed by atoms with van der Waals surface area (Å²) >= 11 is 6.88. The molecule has 3 aromatic heterocycles. The molecule has 3 aliphatic heterocycles. The van der Waals surface area contributed by atoms with Crippen LogP contribution in [0.2, 0.25) is 5.02 Å². The number of piperidine rings is 1. The molecule has 0 amide bonds. The van der Waals surface area contributed by atoms with Gasteiger partial charge in [0, 0.05) is 41.6 Å². The first-order chi connectivity index (χ1) is 25.1. The molecular weight excluding hydrogens is 689 g/mol. The van der Waals surface area contributed by atoms with Gasteiger partial charge in [-0.1, -0.05) is 18.0 Å². The van der Waals surface area contributed by atoms with Crippen LogP contribution in [0.25, 0.3) is 33.1 Å². The Kier molecular flexibility index (Phi) is 8.53. The molecule has 2 aliphatic carbocycles. The smallest absolute Gasteiger partial charge is 0.319 e. The largest absolute Gasteiger partial charge is 0.480 e. The van der Waals surface area contributed by atoms with E-state index in [0.29, 0.717) is 64.6 Å². The van der Waals surface area contributed by atoms with Crippen LogP contribution in [0.3, 0.4) is 0 Å². The Bertz CT molecular complexity index is 2010. The molecule has 9 rings (SSSR count). The number of pyridine rings is 1. The maximum absolute atomic E-state index is 17.2. The molecule has 52 heavy (non-hydrogen) atoms. The van der Waals surface area contributed by atoms with Crippen LogP contribution < -0.4 is 14.4 Å². The number of hydrogen-bond donors (Lipinski definition) is 2. The summed E-state index contributed by atoms with van der Waals surface area (Å²) in [5.41, 5.74) is 1.01. The van der Waals surface area contributed by atoms with Gasteiger partial charge in [-0.15, -0.1) is 0 Å². The number of aromatic amines is 1. The van der Waals surface area contributed by atoms with E-state index in [1.165, 1.54) is 26.4 Å². The number of fused-ring (bicyclic) bond motifs is 3. The zero-order valence-electron chi connectivity index (χ0n) is 30.1. The van der Waals surface area contributed by atoms with Crippen molar-refractivity contribution in [3.05, 3.63) is 28.7 Å². The number of halogens is 2. The van der Waals surface area contributed by atoms with E-state index in [4.69, 9.17) is 45.5 Å². The second-order valence-electron chi connectivity index (χ2n) is 16.3. The van der Waals surface area contributed by atoms with E-state index < -0.39 is 11.4 Å². The normalized spacial score (nSPS) is 30.9. The number of ether oxygens (including phenoxy) is 4. The highest BCUT2D eigenvalue weighted by Crippen LogP contribution is 2.55. The highest BCUT2D eigenvalue weighted by molar-refractivity contribution is 6.35. The molecule has 0 bridgehead atoms. The molecule has 278 valence electrons. The van der Waals surface area contributed by atoms with Crippen LogP contribution in [0, 0.1) is 23.6 Å². The number of nitrogens with one attached hydrogen (secondary N) is 1. The SMILES string of the molecule is COc1nc(-c2c(Cl)c(C)cc3[nH]ncc23)c(F)c2nc(OC[C@]34CCC[C@H]3N(C3CC5(CCOC5)C3)CCC4)nc(N3CCOC[C@@](C)(O)C3)c12. The van der Waals surface area contributed by atoms with Gasteiger partial charge in [-0.2, -0.15) is 15.1 Å². The number of likely N-dealkylation sites (tertiary alicyclic amines) is 1. The van der Waals surface area contributed by atoms with E-state index in [1.807, 2.05) is 17.9 Å². The maximum atomic E-state index is 17.2. The van der Waals surface area contributed by atoms with Crippen molar-refractivity contribution < 1.29 is 28.4 Å². The average Bonchev–Trinajstić information content (AvgIpc) is 3.87. The number of hydrogen-bond acceptors (Lipinski definition) is 11. The molecule has 2 saturated carbocycles. The van der Waals surface area contributed by atoms with Gasteiger partial charge in [0.15, 0.2) is 5.82 Å². The van der Waals surface area contributed by atoms with Crippen LogP contribution in [0.15, 0.2) is 12.3 Å².